The Labute approximate surface area is 173 Å². The Balaban J connectivity index is 1.55. The molecule has 4 rings (SSSR count). The van der Waals surface area contributed by atoms with Crippen molar-refractivity contribution >= 4 is 10.8 Å². The van der Waals surface area contributed by atoms with Gasteiger partial charge in [0.05, 0.1) is 0 Å². The van der Waals surface area contributed by atoms with E-state index in [0.29, 0.717) is 12.8 Å². The van der Waals surface area contributed by atoms with Gasteiger partial charge in [-0.1, -0.05) is 49.7 Å². The van der Waals surface area contributed by atoms with Crippen LogP contribution in [-0.4, -0.2) is 6.36 Å². The molecule has 0 radical (unpaired) electrons. The smallest absolute Gasteiger partial charge is 0.403 e. The van der Waals surface area contributed by atoms with Gasteiger partial charge in [-0.05, 0) is 83.2 Å². The van der Waals surface area contributed by atoms with Gasteiger partial charge in [0.15, 0.2) is 11.6 Å². The number of hydrogen-bond donors (Lipinski definition) is 0. The molecule has 1 nitrogen and oxygen atoms in total. The zero-order valence-corrected chi connectivity index (χ0v) is 16.9. The Morgan fingerprint density at radius 3 is 2.50 bits per heavy atom. The quantitative estimate of drug-likeness (QED) is 0.392. The molecule has 3 aromatic carbocycles. The second kappa shape index (κ2) is 8.29. The molecule has 0 spiro atoms. The molecule has 1 unspecified atom stereocenters. The molecule has 0 saturated heterocycles. The lowest BCUT2D eigenvalue weighted by atomic mass is 9.79. The van der Waals surface area contributed by atoms with Crippen molar-refractivity contribution in [3.8, 4) is 5.75 Å². The minimum Gasteiger partial charge on any atom is -0.403 e. The summed E-state index contributed by atoms with van der Waals surface area (Å²) in [4.78, 5) is 0. The SMILES string of the molecule is CCCCc1ccc2cc(C3CCc4cc(OC(F)(F)F)c(F)cc4C3)ccc2c1. The van der Waals surface area contributed by atoms with E-state index < -0.39 is 17.9 Å². The van der Waals surface area contributed by atoms with Crippen LogP contribution >= 0.6 is 0 Å². The fourth-order valence-corrected chi connectivity index (χ4v) is 4.35. The molecule has 0 fully saturated rings. The molecule has 158 valence electrons. The van der Waals surface area contributed by atoms with Crippen molar-refractivity contribution in [3.63, 3.8) is 0 Å². The number of halogens is 4. The van der Waals surface area contributed by atoms with Crippen LogP contribution in [0.25, 0.3) is 10.8 Å². The average molecular weight is 416 g/mol. The van der Waals surface area contributed by atoms with Crippen LogP contribution in [0.2, 0.25) is 0 Å². The van der Waals surface area contributed by atoms with Crippen LogP contribution in [0.1, 0.15) is 54.4 Å². The van der Waals surface area contributed by atoms with Crippen LogP contribution in [0, 0.1) is 5.82 Å². The third kappa shape index (κ3) is 4.61. The second-order valence-electron chi connectivity index (χ2n) is 8.08. The van der Waals surface area contributed by atoms with Gasteiger partial charge in [0.25, 0.3) is 0 Å². The van der Waals surface area contributed by atoms with Crippen LogP contribution in [0.5, 0.6) is 5.75 Å². The fourth-order valence-electron chi connectivity index (χ4n) is 4.35. The molecular weight excluding hydrogens is 392 g/mol. The molecule has 1 aliphatic carbocycles. The predicted octanol–water partition coefficient (Wildman–Crippen LogP) is 7.49. The van der Waals surface area contributed by atoms with E-state index in [1.54, 1.807) is 0 Å². The maximum absolute atomic E-state index is 14.1. The van der Waals surface area contributed by atoms with Gasteiger partial charge in [-0.15, -0.1) is 13.2 Å². The van der Waals surface area contributed by atoms with E-state index >= 15 is 0 Å². The minimum absolute atomic E-state index is 0.218. The van der Waals surface area contributed by atoms with E-state index in [1.807, 2.05) is 0 Å². The molecule has 1 aliphatic rings. The van der Waals surface area contributed by atoms with Gasteiger partial charge in [-0.25, -0.2) is 4.39 Å². The van der Waals surface area contributed by atoms with Crippen LogP contribution in [0.3, 0.4) is 0 Å². The van der Waals surface area contributed by atoms with Crippen LogP contribution in [0.15, 0.2) is 48.5 Å². The number of unbranched alkanes of at least 4 members (excludes halogenated alkanes) is 1. The summed E-state index contributed by atoms with van der Waals surface area (Å²) >= 11 is 0. The van der Waals surface area contributed by atoms with Crippen LogP contribution < -0.4 is 4.74 Å². The van der Waals surface area contributed by atoms with Gasteiger partial charge in [-0.2, -0.15) is 0 Å². The van der Waals surface area contributed by atoms with Gasteiger partial charge in [0, 0.05) is 0 Å². The van der Waals surface area contributed by atoms with Gasteiger partial charge >= 0.3 is 6.36 Å². The second-order valence-corrected chi connectivity index (χ2v) is 8.08. The van der Waals surface area contributed by atoms with Crippen molar-refractivity contribution in [2.24, 2.45) is 0 Å². The maximum Gasteiger partial charge on any atom is 0.573 e. The summed E-state index contributed by atoms with van der Waals surface area (Å²) in [5.74, 6) is -1.50. The molecule has 1 atom stereocenters. The first-order chi connectivity index (χ1) is 14.3. The van der Waals surface area contributed by atoms with E-state index in [4.69, 9.17) is 0 Å². The number of aryl methyl sites for hydroxylation is 2. The summed E-state index contributed by atoms with van der Waals surface area (Å²) in [6, 6.07) is 15.4. The molecule has 3 aromatic rings. The van der Waals surface area contributed by atoms with Gasteiger partial charge in [0.1, 0.15) is 0 Å². The number of rotatable bonds is 5. The van der Waals surface area contributed by atoms with Crippen molar-refractivity contribution in [1.29, 1.82) is 0 Å². The third-order valence-electron chi connectivity index (χ3n) is 5.93. The molecule has 0 heterocycles. The lowest BCUT2D eigenvalue weighted by Gasteiger charge is -2.26. The highest BCUT2D eigenvalue weighted by atomic mass is 19.4. The summed E-state index contributed by atoms with van der Waals surface area (Å²) in [5.41, 5.74) is 4.02. The number of benzene rings is 3. The lowest BCUT2D eigenvalue weighted by Crippen LogP contribution is -2.19. The monoisotopic (exact) mass is 416 g/mol. The summed E-state index contributed by atoms with van der Waals surface area (Å²) in [7, 11) is 0. The Hall–Kier alpha value is -2.56. The fraction of sp³-hybridized carbons (Fsp3) is 0.360. The van der Waals surface area contributed by atoms with Crippen molar-refractivity contribution in [3.05, 3.63) is 76.6 Å². The largest absolute Gasteiger partial charge is 0.573 e. The van der Waals surface area contributed by atoms with Crippen molar-refractivity contribution in [2.45, 2.75) is 57.7 Å². The summed E-state index contributed by atoms with van der Waals surface area (Å²) in [5, 5.41) is 2.39. The number of fused-ring (bicyclic) bond motifs is 2. The van der Waals surface area contributed by atoms with Crippen LogP contribution in [0.4, 0.5) is 17.6 Å². The molecule has 0 bridgehead atoms. The Morgan fingerprint density at radius 2 is 1.73 bits per heavy atom. The third-order valence-corrected chi connectivity index (χ3v) is 5.93. The highest BCUT2D eigenvalue weighted by Crippen LogP contribution is 2.37. The Bertz CT molecular complexity index is 1050. The molecule has 30 heavy (non-hydrogen) atoms. The molecular formula is C25H24F4O. The van der Waals surface area contributed by atoms with Crippen molar-refractivity contribution in [2.75, 3.05) is 0 Å². The lowest BCUT2D eigenvalue weighted by molar-refractivity contribution is -0.275. The number of ether oxygens (including phenoxy) is 1. The maximum atomic E-state index is 14.1. The minimum atomic E-state index is -4.90. The molecule has 0 aromatic heterocycles. The van der Waals surface area contributed by atoms with E-state index in [1.165, 1.54) is 46.9 Å². The Morgan fingerprint density at radius 1 is 0.967 bits per heavy atom. The normalized spacial score (nSPS) is 16.5. The van der Waals surface area contributed by atoms with Gasteiger partial charge in [0.2, 0.25) is 0 Å². The van der Waals surface area contributed by atoms with Gasteiger partial charge < -0.3 is 4.74 Å². The first-order valence-corrected chi connectivity index (χ1v) is 10.4. The first kappa shape index (κ1) is 20.7. The zero-order chi connectivity index (χ0) is 21.3. The number of hydrogen-bond acceptors (Lipinski definition) is 1. The highest BCUT2D eigenvalue weighted by Gasteiger charge is 2.33. The number of alkyl halides is 3. The van der Waals surface area contributed by atoms with Gasteiger partial charge in [-0.3, -0.25) is 0 Å². The molecule has 0 saturated carbocycles. The van der Waals surface area contributed by atoms with Crippen LogP contribution in [-0.2, 0) is 19.3 Å². The molecule has 0 N–H and O–H groups in total. The summed E-state index contributed by atoms with van der Waals surface area (Å²) in [6.07, 6.45) is 0.556. The summed E-state index contributed by atoms with van der Waals surface area (Å²) < 4.78 is 55.3. The molecule has 0 amide bonds. The predicted molar refractivity (Wildman–Crippen MR) is 110 cm³/mol. The Kier molecular flexibility index (Phi) is 5.72. The van der Waals surface area contributed by atoms with E-state index in [9.17, 15) is 17.6 Å². The van der Waals surface area contributed by atoms with Crippen molar-refractivity contribution in [1.82, 2.24) is 0 Å². The zero-order valence-electron chi connectivity index (χ0n) is 16.9. The average Bonchev–Trinajstić information content (AvgIpc) is 2.71. The van der Waals surface area contributed by atoms with E-state index in [-0.39, 0.29) is 5.92 Å². The topological polar surface area (TPSA) is 9.23 Å². The molecule has 0 aliphatic heterocycles. The standard InChI is InChI=1S/C25H24F4O/c1-2-3-4-16-5-6-18-12-19(8-7-17(18)11-16)20-9-10-21-15-24(30-25(27,28)29)23(26)14-22(21)13-20/h5-8,11-12,14-15,20H,2-4,9-10,13H2,1H3. The summed E-state index contributed by atoms with van der Waals surface area (Å²) in [6.45, 7) is 2.19. The first-order valence-electron chi connectivity index (χ1n) is 10.4. The molecule has 5 heteroatoms. The van der Waals surface area contributed by atoms with E-state index in [2.05, 4.69) is 48.1 Å². The highest BCUT2D eigenvalue weighted by molar-refractivity contribution is 5.84. The van der Waals surface area contributed by atoms with Crippen molar-refractivity contribution < 1.29 is 22.3 Å². The van der Waals surface area contributed by atoms with E-state index in [0.717, 1.165) is 24.0 Å².